The number of nitrogens with zero attached hydrogens (tertiary/aromatic N) is 5. The zero-order chi connectivity index (χ0) is 20.5. The van der Waals surface area contributed by atoms with Gasteiger partial charge in [-0.05, 0) is 55.3 Å². The number of nitrogens with one attached hydrogen (secondary N) is 1. The number of carbonyl (C=O) groups is 1. The van der Waals surface area contributed by atoms with E-state index in [4.69, 9.17) is 0 Å². The number of carbonyl (C=O) groups excluding carboxylic acids is 1. The predicted octanol–water partition coefficient (Wildman–Crippen LogP) is 3.98. The standard InChI is InChI=1S/C22H19FN6O/c23-16-3-1-4-17(13-16)25-18-6-7-20-21(26-27-29(20)14-18)19-5-2-12-28(19)22(30)15-8-10-24-11-9-15/h1,3-4,6-11,13-14,19,25H,2,5,12H2/t19-/m0/s1. The van der Waals surface area contributed by atoms with Crippen LogP contribution in [0.5, 0.6) is 0 Å². The topological polar surface area (TPSA) is 75.4 Å². The molecule has 8 heteroatoms. The van der Waals surface area contributed by atoms with Gasteiger partial charge in [0.15, 0.2) is 0 Å². The molecule has 0 spiro atoms. The molecule has 7 nitrogen and oxygen atoms in total. The maximum absolute atomic E-state index is 13.4. The largest absolute Gasteiger partial charge is 0.354 e. The first-order valence-corrected chi connectivity index (χ1v) is 9.77. The number of fused-ring (bicyclic) bond motifs is 1. The second kappa shape index (κ2) is 7.55. The van der Waals surface area contributed by atoms with Crippen molar-refractivity contribution in [3.05, 3.63) is 84.2 Å². The molecule has 0 bridgehead atoms. The van der Waals surface area contributed by atoms with Gasteiger partial charge in [-0.2, -0.15) is 0 Å². The highest BCUT2D eigenvalue weighted by Gasteiger charge is 2.33. The number of benzene rings is 1. The Morgan fingerprint density at radius 3 is 2.80 bits per heavy atom. The third kappa shape index (κ3) is 3.36. The minimum absolute atomic E-state index is 0.0227. The molecule has 4 heterocycles. The molecule has 0 unspecified atom stereocenters. The Bertz CT molecular complexity index is 1210. The number of hydrogen-bond donors (Lipinski definition) is 1. The smallest absolute Gasteiger partial charge is 0.254 e. The van der Waals surface area contributed by atoms with Gasteiger partial charge >= 0.3 is 0 Å². The molecule has 1 aromatic carbocycles. The van der Waals surface area contributed by atoms with Crippen molar-refractivity contribution in [3.63, 3.8) is 0 Å². The maximum atomic E-state index is 13.4. The van der Waals surface area contributed by atoms with Crippen LogP contribution in [0.2, 0.25) is 0 Å². The van der Waals surface area contributed by atoms with E-state index in [1.165, 1.54) is 12.1 Å². The molecule has 3 aromatic heterocycles. The van der Waals surface area contributed by atoms with Crippen molar-refractivity contribution >= 4 is 22.8 Å². The molecule has 0 aliphatic carbocycles. The highest BCUT2D eigenvalue weighted by molar-refractivity contribution is 5.94. The third-order valence-electron chi connectivity index (χ3n) is 5.31. The molecule has 4 aromatic rings. The summed E-state index contributed by atoms with van der Waals surface area (Å²) in [7, 11) is 0. The molecule has 150 valence electrons. The van der Waals surface area contributed by atoms with Crippen molar-refractivity contribution in [1.82, 2.24) is 24.7 Å². The van der Waals surface area contributed by atoms with Crippen LogP contribution in [0.25, 0.3) is 5.52 Å². The summed E-state index contributed by atoms with van der Waals surface area (Å²) in [5.74, 6) is -0.324. The van der Waals surface area contributed by atoms with Gasteiger partial charge in [0, 0.05) is 30.2 Å². The van der Waals surface area contributed by atoms with Crippen molar-refractivity contribution in [1.29, 1.82) is 0 Å². The molecule has 1 fully saturated rings. The second-order valence-corrected chi connectivity index (χ2v) is 7.25. The second-order valence-electron chi connectivity index (χ2n) is 7.25. The van der Waals surface area contributed by atoms with Crippen molar-refractivity contribution in [2.24, 2.45) is 0 Å². The average molecular weight is 402 g/mol. The van der Waals surface area contributed by atoms with Crippen molar-refractivity contribution in [3.8, 4) is 0 Å². The number of aromatic nitrogens is 4. The van der Waals surface area contributed by atoms with Gasteiger partial charge in [0.2, 0.25) is 0 Å². The summed E-state index contributed by atoms with van der Waals surface area (Å²) in [4.78, 5) is 18.8. The van der Waals surface area contributed by atoms with Crippen LogP contribution in [0.3, 0.4) is 0 Å². The average Bonchev–Trinajstić information content (AvgIpc) is 3.40. The van der Waals surface area contributed by atoms with Crippen LogP contribution in [0.1, 0.15) is 34.9 Å². The van der Waals surface area contributed by atoms with Gasteiger partial charge in [-0.15, -0.1) is 5.10 Å². The Balaban J connectivity index is 1.42. The van der Waals surface area contributed by atoms with E-state index >= 15 is 0 Å². The zero-order valence-electron chi connectivity index (χ0n) is 16.1. The Hall–Kier alpha value is -3.81. The fourth-order valence-corrected chi connectivity index (χ4v) is 3.91. The predicted molar refractivity (Wildman–Crippen MR) is 110 cm³/mol. The highest BCUT2D eigenvalue weighted by Crippen LogP contribution is 2.34. The molecule has 30 heavy (non-hydrogen) atoms. The van der Waals surface area contributed by atoms with Gasteiger partial charge in [0.05, 0.1) is 23.4 Å². The van der Waals surface area contributed by atoms with Crippen molar-refractivity contribution in [2.75, 3.05) is 11.9 Å². The van der Waals surface area contributed by atoms with Crippen LogP contribution in [-0.4, -0.2) is 37.2 Å². The summed E-state index contributed by atoms with van der Waals surface area (Å²) in [6.45, 7) is 0.685. The van der Waals surface area contributed by atoms with Crippen LogP contribution in [0.15, 0.2) is 67.1 Å². The van der Waals surface area contributed by atoms with E-state index in [2.05, 4.69) is 20.6 Å². The number of likely N-dealkylation sites (tertiary alicyclic amines) is 1. The molecule has 0 saturated carbocycles. The van der Waals surface area contributed by atoms with Gasteiger partial charge in [0.25, 0.3) is 5.91 Å². The molecule has 1 saturated heterocycles. The van der Waals surface area contributed by atoms with E-state index < -0.39 is 0 Å². The summed E-state index contributed by atoms with van der Waals surface area (Å²) >= 11 is 0. The lowest BCUT2D eigenvalue weighted by Gasteiger charge is -2.23. The Kier molecular flexibility index (Phi) is 4.59. The molecule has 5 rings (SSSR count). The number of rotatable bonds is 4. The summed E-state index contributed by atoms with van der Waals surface area (Å²) < 4.78 is 15.1. The monoisotopic (exact) mass is 402 g/mol. The van der Waals surface area contributed by atoms with E-state index in [9.17, 15) is 9.18 Å². The lowest BCUT2D eigenvalue weighted by molar-refractivity contribution is 0.0733. The van der Waals surface area contributed by atoms with Crippen LogP contribution >= 0.6 is 0 Å². The number of hydrogen-bond acceptors (Lipinski definition) is 5. The molecule has 1 amide bonds. The van der Waals surface area contributed by atoms with Crippen LogP contribution in [0, 0.1) is 5.82 Å². The minimum Gasteiger partial charge on any atom is -0.354 e. The van der Waals surface area contributed by atoms with E-state index in [-0.39, 0.29) is 17.8 Å². The number of amides is 1. The maximum Gasteiger partial charge on any atom is 0.254 e. The first-order chi connectivity index (χ1) is 14.7. The molecule has 1 aliphatic heterocycles. The molecule has 1 aliphatic rings. The lowest BCUT2D eigenvalue weighted by Crippen LogP contribution is -2.30. The summed E-state index contributed by atoms with van der Waals surface area (Å²) in [5.41, 5.74) is 3.67. The summed E-state index contributed by atoms with van der Waals surface area (Å²) in [6, 6.07) is 13.4. The summed E-state index contributed by atoms with van der Waals surface area (Å²) in [6.07, 6.45) is 6.81. The van der Waals surface area contributed by atoms with Gasteiger partial charge in [-0.1, -0.05) is 11.3 Å². The van der Waals surface area contributed by atoms with Gasteiger partial charge in [-0.25, -0.2) is 8.91 Å². The minimum atomic E-state index is -0.302. The van der Waals surface area contributed by atoms with Gasteiger partial charge in [-0.3, -0.25) is 9.78 Å². The molecular formula is C22H19FN6O. The van der Waals surface area contributed by atoms with Crippen LogP contribution in [0.4, 0.5) is 15.8 Å². The third-order valence-corrected chi connectivity index (χ3v) is 5.31. The van der Waals surface area contributed by atoms with Crippen molar-refractivity contribution < 1.29 is 9.18 Å². The fraction of sp³-hybridized carbons (Fsp3) is 0.182. The Morgan fingerprint density at radius 2 is 1.97 bits per heavy atom. The molecule has 1 atom stereocenters. The quantitative estimate of drug-likeness (QED) is 0.559. The van der Waals surface area contributed by atoms with E-state index in [1.54, 1.807) is 47.4 Å². The molecular weight excluding hydrogens is 383 g/mol. The van der Waals surface area contributed by atoms with Gasteiger partial charge < -0.3 is 10.2 Å². The SMILES string of the molecule is O=C(c1ccncc1)N1CCC[C@H]1c1nnn2cc(Nc3cccc(F)c3)ccc12. The van der Waals surface area contributed by atoms with Crippen LogP contribution < -0.4 is 5.32 Å². The number of pyridine rings is 2. The van der Waals surface area contributed by atoms with E-state index in [0.717, 1.165) is 29.7 Å². The zero-order valence-corrected chi connectivity index (χ0v) is 16.1. The Morgan fingerprint density at radius 1 is 1.10 bits per heavy atom. The van der Waals surface area contributed by atoms with E-state index in [1.807, 2.05) is 17.0 Å². The molecule has 0 radical (unpaired) electrons. The first-order valence-electron chi connectivity index (χ1n) is 9.77. The fourth-order valence-electron chi connectivity index (χ4n) is 3.91. The van der Waals surface area contributed by atoms with Crippen molar-refractivity contribution in [2.45, 2.75) is 18.9 Å². The molecule has 1 N–H and O–H groups in total. The lowest BCUT2D eigenvalue weighted by atomic mass is 10.1. The van der Waals surface area contributed by atoms with Crippen LogP contribution in [-0.2, 0) is 0 Å². The summed E-state index contributed by atoms with van der Waals surface area (Å²) in [5, 5.41) is 11.8. The number of halogens is 1. The highest BCUT2D eigenvalue weighted by atomic mass is 19.1. The Labute approximate surface area is 172 Å². The van der Waals surface area contributed by atoms with Gasteiger partial charge in [0.1, 0.15) is 11.5 Å². The first kappa shape index (κ1) is 18.2. The normalized spacial score (nSPS) is 16.2. The van der Waals surface area contributed by atoms with E-state index in [0.29, 0.717) is 17.8 Å². The number of anilines is 2.